The Kier molecular flexibility index (Phi) is 3.07. The molecule has 0 spiro atoms. The average molecular weight is 316 g/mol. The maximum absolute atomic E-state index is 6.30. The number of hydrogen-bond donors (Lipinski definition) is 0. The zero-order chi connectivity index (χ0) is 12.0. The second kappa shape index (κ2) is 4.43. The molecule has 2 atom stereocenters. The molecule has 2 aliphatic heterocycles. The van der Waals surface area contributed by atoms with E-state index in [1.54, 1.807) is 0 Å². The Hall–Kier alpha value is -0.280. The van der Waals surface area contributed by atoms with Crippen LogP contribution < -0.4 is 4.90 Å². The fourth-order valence-corrected chi connectivity index (χ4v) is 3.78. The highest BCUT2D eigenvalue weighted by Gasteiger charge is 2.40. The van der Waals surface area contributed by atoms with Crippen LogP contribution >= 0.6 is 27.5 Å². The minimum Gasteiger partial charge on any atom is -0.351 e. The maximum Gasteiger partial charge on any atom is 0.129 e. The summed E-state index contributed by atoms with van der Waals surface area (Å²) in [7, 11) is 0. The van der Waals surface area contributed by atoms with Gasteiger partial charge in [-0.15, -0.1) is 11.6 Å². The normalized spacial score (nSPS) is 31.9. The first kappa shape index (κ1) is 11.8. The van der Waals surface area contributed by atoms with Gasteiger partial charge >= 0.3 is 0 Å². The molecule has 2 bridgehead atoms. The van der Waals surface area contributed by atoms with Crippen LogP contribution in [-0.4, -0.2) is 22.4 Å². The van der Waals surface area contributed by atoms with Crippen molar-refractivity contribution in [2.45, 2.75) is 50.1 Å². The molecule has 0 saturated carbocycles. The van der Waals surface area contributed by atoms with Crippen molar-refractivity contribution in [2.75, 3.05) is 4.90 Å². The van der Waals surface area contributed by atoms with Crippen molar-refractivity contribution in [3.63, 3.8) is 0 Å². The molecule has 0 aromatic carbocycles. The summed E-state index contributed by atoms with van der Waals surface area (Å²) in [5.41, 5.74) is 1.25. The van der Waals surface area contributed by atoms with Gasteiger partial charge in [0.2, 0.25) is 0 Å². The van der Waals surface area contributed by atoms with Crippen molar-refractivity contribution in [2.24, 2.45) is 0 Å². The second-order valence-electron chi connectivity index (χ2n) is 5.15. The van der Waals surface area contributed by atoms with Crippen molar-refractivity contribution in [1.82, 2.24) is 4.98 Å². The van der Waals surface area contributed by atoms with Crippen molar-refractivity contribution in [3.8, 4) is 0 Å². The number of fused-ring (bicyclic) bond motifs is 2. The Bertz CT molecular complexity index is 423. The molecule has 2 saturated heterocycles. The number of aromatic nitrogens is 1. The van der Waals surface area contributed by atoms with Crippen molar-refractivity contribution >= 4 is 33.3 Å². The highest BCUT2D eigenvalue weighted by atomic mass is 79.9. The van der Waals surface area contributed by atoms with Crippen molar-refractivity contribution in [3.05, 3.63) is 22.3 Å². The van der Waals surface area contributed by atoms with Gasteiger partial charge in [0.25, 0.3) is 0 Å². The Morgan fingerprint density at radius 2 is 2.00 bits per heavy atom. The first-order valence-corrected chi connectivity index (χ1v) is 7.42. The van der Waals surface area contributed by atoms with Crippen LogP contribution in [0.4, 0.5) is 5.82 Å². The zero-order valence-corrected chi connectivity index (χ0v) is 12.2. The molecule has 3 heterocycles. The Balaban J connectivity index is 1.92. The van der Waals surface area contributed by atoms with Crippen LogP contribution in [0.25, 0.3) is 0 Å². The van der Waals surface area contributed by atoms with Gasteiger partial charge in [-0.3, -0.25) is 0 Å². The molecule has 2 fully saturated rings. The number of alkyl halides is 1. The number of halogens is 2. The van der Waals surface area contributed by atoms with Crippen LogP contribution in [-0.2, 0) is 0 Å². The summed E-state index contributed by atoms with van der Waals surface area (Å²) in [4.78, 5) is 7.06. The van der Waals surface area contributed by atoms with E-state index in [2.05, 4.69) is 38.8 Å². The van der Waals surface area contributed by atoms with Crippen LogP contribution in [0.15, 0.2) is 16.7 Å². The zero-order valence-electron chi connectivity index (χ0n) is 9.87. The van der Waals surface area contributed by atoms with E-state index in [0.29, 0.717) is 17.5 Å². The first-order valence-electron chi connectivity index (χ1n) is 6.19. The van der Waals surface area contributed by atoms with E-state index in [1.165, 1.54) is 18.4 Å². The van der Waals surface area contributed by atoms with Crippen LogP contribution in [0.5, 0.6) is 0 Å². The quantitative estimate of drug-likeness (QED) is 0.731. The molecular weight excluding hydrogens is 300 g/mol. The monoisotopic (exact) mass is 314 g/mol. The molecule has 1 aromatic heterocycles. The van der Waals surface area contributed by atoms with E-state index in [1.807, 2.05) is 6.20 Å². The highest BCUT2D eigenvalue weighted by Crippen LogP contribution is 2.40. The van der Waals surface area contributed by atoms with Crippen molar-refractivity contribution < 1.29 is 0 Å². The number of anilines is 1. The molecule has 3 rings (SSSR count). The summed E-state index contributed by atoms with van der Waals surface area (Å²) in [6.07, 6.45) is 6.66. The molecule has 0 radical (unpaired) electrons. The van der Waals surface area contributed by atoms with Gasteiger partial charge in [-0.05, 0) is 60.2 Å². The van der Waals surface area contributed by atoms with E-state index in [-0.39, 0.29) is 0 Å². The van der Waals surface area contributed by atoms with Gasteiger partial charge in [-0.25, -0.2) is 4.98 Å². The van der Waals surface area contributed by atoms with Crippen molar-refractivity contribution in [1.29, 1.82) is 0 Å². The van der Waals surface area contributed by atoms with Gasteiger partial charge in [0.15, 0.2) is 0 Å². The van der Waals surface area contributed by atoms with E-state index in [9.17, 15) is 0 Å². The first-order chi connectivity index (χ1) is 8.15. The number of piperidine rings is 1. The van der Waals surface area contributed by atoms with Gasteiger partial charge < -0.3 is 4.90 Å². The fraction of sp³-hybridized carbons (Fsp3) is 0.615. The Morgan fingerprint density at radius 1 is 1.35 bits per heavy atom. The largest absolute Gasteiger partial charge is 0.351 e. The molecular formula is C13H16BrClN2. The Labute approximate surface area is 115 Å². The van der Waals surface area contributed by atoms with E-state index < -0.39 is 0 Å². The minimum atomic E-state index is 0.361. The predicted octanol–water partition coefficient (Wildman–Crippen LogP) is 3.89. The number of hydrogen-bond acceptors (Lipinski definition) is 2. The summed E-state index contributed by atoms with van der Waals surface area (Å²) in [6.45, 7) is 2.12. The fourth-order valence-electron chi connectivity index (χ4n) is 3.15. The molecule has 1 aromatic rings. The van der Waals surface area contributed by atoms with E-state index >= 15 is 0 Å². The summed E-state index contributed by atoms with van der Waals surface area (Å²) < 4.78 is 1.08. The van der Waals surface area contributed by atoms with Gasteiger partial charge in [-0.1, -0.05) is 0 Å². The van der Waals surface area contributed by atoms with E-state index in [4.69, 9.17) is 11.6 Å². The molecule has 92 valence electrons. The molecule has 2 aliphatic rings. The number of rotatable bonds is 1. The summed E-state index contributed by atoms with van der Waals surface area (Å²) in [5.74, 6) is 1.13. The molecule has 0 aliphatic carbocycles. The third-order valence-corrected chi connectivity index (χ3v) is 5.16. The van der Waals surface area contributed by atoms with Gasteiger partial charge in [0.05, 0.1) is 0 Å². The standard InChI is InChI=1S/C13H16BrClN2/c1-8-4-13(16-7-12(8)14)17-10-2-3-11(17)6-9(15)5-10/h4,7,9-11H,2-3,5-6H2,1H3. The van der Waals surface area contributed by atoms with E-state index in [0.717, 1.165) is 23.1 Å². The number of aryl methyl sites for hydroxylation is 1. The molecule has 4 heteroatoms. The highest BCUT2D eigenvalue weighted by molar-refractivity contribution is 9.10. The molecule has 2 nitrogen and oxygen atoms in total. The third kappa shape index (κ3) is 2.08. The second-order valence-corrected chi connectivity index (χ2v) is 6.62. The lowest BCUT2D eigenvalue weighted by atomic mass is 10.0. The number of nitrogens with zero attached hydrogens (tertiary/aromatic N) is 2. The molecule has 17 heavy (non-hydrogen) atoms. The van der Waals surface area contributed by atoms with Crippen LogP contribution in [0.1, 0.15) is 31.2 Å². The molecule has 0 amide bonds. The number of pyridine rings is 1. The lowest BCUT2D eigenvalue weighted by Crippen LogP contribution is -2.43. The molecule has 0 N–H and O–H groups in total. The van der Waals surface area contributed by atoms with Crippen LogP contribution in [0, 0.1) is 6.92 Å². The Morgan fingerprint density at radius 3 is 2.59 bits per heavy atom. The smallest absolute Gasteiger partial charge is 0.129 e. The average Bonchev–Trinajstić information content (AvgIpc) is 2.55. The lowest BCUT2D eigenvalue weighted by Gasteiger charge is -2.38. The maximum atomic E-state index is 6.30. The third-order valence-electron chi connectivity index (χ3n) is 3.97. The topological polar surface area (TPSA) is 16.1 Å². The van der Waals surface area contributed by atoms with Gasteiger partial charge in [0.1, 0.15) is 5.82 Å². The summed E-state index contributed by atoms with van der Waals surface area (Å²) in [5, 5.41) is 0.361. The van der Waals surface area contributed by atoms with Crippen LogP contribution in [0.3, 0.4) is 0 Å². The predicted molar refractivity (Wildman–Crippen MR) is 74.8 cm³/mol. The lowest BCUT2D eigenvalue weighted by molar-refractivity contribution is 0.470. The summed E-state index contributed by atoms with van der Waals surface area (Å²) >= 11 is 9.81. The molecule has 2 unspecified atom stereocenters. The minimum absolute atomic E-state index is 0.361. The van der Waals surface area contributed by atoms with Gasteiger partial charge in [0, 0.05) is 28.1 Å². The SMILES string of the molecule is Cc1cc(N2C3CCC2CC(Cl)C3)ncc1Br. The van der Waals surface area contributed by atoms with Gasteiger partial charge in [-0.2, -0.15) is 0 Å². The van der Waals surface area contributed by atoms with Crippen LogP contribution in [0.2, 0.25) is 0 Å². The summed E-state index contributed by atoms with van der Waals surface area (Å²) in [6, 6.07) is 3.39.